The van der Waals surface area contributed by atoms with Crippen molar-refractivity contribution >= 4 is 29.2 Å². The zero-order chi connectivity index (χ0) is 14.7. The Morgan fingerprint density at radius 3 is 3.00 bits per heavy atom. The van der Waals surface area contributed by atoms with E-state index < -0.39 is 0 Å². The molecule has 9 heteroatoms. The number of rotatable bonds is 3. The summed E-state index contributed by atoms with van der Waals surface area (Å²) in [5.41, 5.74) is 6.18. The first kappa shape index (κ1) is 14.4. The third-order valence-electron chi connectivity index (χ3n) is 2.28. The lowest BCUT2D eigenvalue weighted by Gasteiger charge is -2.06. The number of aryl methyl sites for hydroxylation is 1. The van der Waals surface area contributed by atoms with E-state index in [1.807, 2.05) is 0 Å². The number of hydrogen-bond acceptors (Lipinski definition) is 6. The van der Waals surface area contributed by atoms with Gasteiger partial charge in [-0.2, -0.15) is 0 Å². The molecule has 0 radical (unpaired) electrons. The molecule has 0 aliphatic rings. The minimum absolute atomic E-state index is 0.120. The second-order valence-corrected chi connectivity index (χ2v) is 5.11. The Labute approximate surface area is 122 Å². The van der Waals surface area contributed by atoms with Crippen molar-refractivity contribution in [2.75, 3.05) is 0 Å². The molecule has 104 valence electrons. The number of nitrogens with one attached hydrogen (secondary N) is 1. The fraction of sp³-hybridized carbons (Fsp3) is 0.0909. The largest absolute Gasteiger partial charge is 0.409 e. The number of halogens is 1. The summed E-state index contributed by atoms with van der Waals surface area (Å²) in [6, 6.07) is 2.90. The molecule has 0 aromatic carbocycles. The molecule has 0 amide bonds. The topological polar surface area (TPSA) is 117 Å². The van der Waals surface area contributed by atoms with Crippen LogP contribution in [0.4, 0.5) is 0 Å². The Hall–Kier alpha value is -2.06. The second-order valence-electron chi connectivity index (χ2n) is 3.76. The van der Waals surface area contributed by atoms with Crippen molar-refractivity contribution in [3.05, 3.63) is 45.0 Å². The molecule has 2 aromatic heterocycles. The van der Waals surface area contributed by atoms with Crippen molar-refractivity contribution in [2.24, 2.45) is 10.9 Å². The number of hydrogen-bond donors (Lipinski definition) is 3. The number of nitrogens with two attached hydrogens (primary N) is 1. The van der Waals surface area contributed by atoms with E-state index in [-0.39, 0.29) is 16.4 Å². The number of nitrogens with zero attached hydrogens (tertiary/aromatic N) is 3. The summed E-state index contributed by atoms with van der Waals surface area (Å²) >= 11 is 7.22. The zero-order valence-corrected chi connectivity index (χ0v) is 11.9. The van der Waals surface area contributed by atoms with Gasteiger partial charge in [0.15, 0.2) is 11.0 Å². The van der Waals surface area contributed by atoms with Crippen LogP contribution in [-0.2, 0) is 0 Å². The highest BCUT2D eigenvalue weighted by molar-refractivity contribution is 7.99. The number of aromatic amines is 1. The van der Waals surface area contributed by atoms with Gasteiger partial charge in [-0.15, -0.1) is 0 Å². The average Bonchev–Trinajstić information content (AvgIpc) is 2.39. The molecule has 2 rings (SSSR count). The van der Waals surface area contributed by atoms with Gasteiger partial charge in [-0.05, 0) is 24.8 Å². The van der Waals surface area contributed by atoms with Crippen molar-refractivity contribution < 1.29 is 5.21 Å². The van der Waals surface area contributed by atoms with Crippen LogP contribution in [0.2, 0.25) is 5.02 Å². The van der Waals surface area contributed by atoms with E-state index in [1.54, 1.807) is 6.92 Å². The van der Waals surface area contributed by atoms with Gasteiger partial charge in [0.05, 0.1) is 5.02 Å². The molecule has 0 fully saturated rings. The number of amidine groups is 1. The van der Waals surface area contributed by atoms with E-state index in [2.05, 4.69) is 20.1 Å². The lowest BCUT2D eigenvalue weighted by atomic mass is 10.2. The van der Waals surface area contributed by atoms with Gasteiger partial charge in [-0.1, -0.05) is 16.8 Å². The maximum absolute atomic E-state index is 11.4. The molecule has 2 heterocycles. The molecule has 20 heavy (non-hydrogen) atoms. The van der Waals surface area contributed by atoms with Gasteiger partial charge < -0.3 is 15.9 Å². The average molecular weight is 312 g/mol. The molecule has 0 aliphatic carbocycles. The monoisotopic (exact) mass is 311 g/mol. The zero-order valence-electron chi connectivity index (χ0n) is 10.3. The predicted molar refractivity (Wildman–Crippen MR) is 75.5 cm³/mol. The third kappa shape index (κ3) is 3.09. The van der Waals surface area contributed by atoms with Crippen LogP contribution in [0.15, 0.2) is 38.5 Å². The van der Waals surface area contributed by atoms with Gasteiger partial charge in [0.1, 0.15) is 5.03 Å². The molecule has 0 unspecified atom stereocenters. The fourth-order valence-corrected chi connectivity index (χ4v) is 2.60. The highest BCUT2D eigenvalue weighted by Gasteiger charge is 2.13. The standard InChI is InChI=1S/C11H10ClN5O2S/c1-5-4-7(18)16-11(15-5)20-10-8(12)6(2-3-14-10)9(13)17-19/h2-4,19H,1H3,(H2,13,17)(H,15,16,18). The normalized spacial score (nSPS) is 11.6. The van der Waals surface area contributed by atoms with Crippen LogP contribution in [0.3, 0.4) is 0 Å². The van der Waals surface area contributed by atoms with E-state index in [9.17, 15) is 4.79 Å². The molecular formula is C11H10ClN5O2S. The molecule has 2 aromatic rings. The summed E-state index contributed by atoms with van der Waals surface area (Å²) in [6.45, 7) is 1.71. The van der Waals surface area contributed by atoms with Crippen LogP contribution in [0.1, 0.15) is 11.3 Å². The summed E-state index contributed by atoms with van der Waals surface area (Å²) in [5, 5.41) is 12.6. The molecule has 4 N–H and O–H groups in total. The molecule has 0 aliphatic heterocycles. The van der Waals surface area contributed by atoms with Crippen LogP contribution in [0.5, 0.6) is 0 Å². The van der Waals surface area contributed by atoms with Crippen LogP contribution >= 0.6 is 23.4 Å². The Kier molecular flexibility index (Phi) is 4.26. The smallest absolute Gasteiger partial charge is 0.251 e. The van der Waals surface area contributed by atoms with E-state index in [4.69, 9.17) is 22.5 Å². The predicted octanol–water partition coefficient (Wildman–Crippen LogP) is 1.37. The van der Waals surface area contributed by atoms with Crippen molar-refractivity contribution in [1.82, 2.24) is 15.0 Å². The Morgan fingerprint density at radius 1 is 1.60 bits per heavy atom. The van der Waals surface area contributed by atoms with Crippen molar-refractivity contribution in [2.45, 2.75) is 17.1 Å². The molecule has 0 saturated heterocycles. The number of oxime groups is 1. The molecule has 0 spiro atoms. The van der Waals surface area contributed by atoms with Gasteiger partial charge in [0.2, 0.25) is 0 Å². The fourth-order valence-electron chi connectivity index (χ4n) is 1.44. The summed E-state index contributed by atoms with van der Waals surface area (Å²) in [4.78, 5) is 22.2. The maximum atomic E-state index is 11.4. The van der Waals surface area contributed by atoms with Crippen LogP contribution < -0.4 is 11.3 Å². The highest BCUT2D eigenvalue weighted by Crippen LogP contribution is 2.31. The van der Waals surface area contributed by atoms with Gasteiger partial charge in [-0.25, -0.2) is 9.97 Å². The second kappa shape index (κ2) is 5.93. The Balaban J connectivity index is 2.41. The quantitative estimate of drug-likeness (QED) is 0.259. The lowest BCUT2D eigenvalue weighted by Crippen LogP contribution is -2.14. The summed E-state index contributed by atoms with van der Waals surface area (Å²) in [6.07, 6.45) is 1.47. The van der Waals surface area contributed by atoms with Crippen LogP contribution in [-0.4, -0.2) is 26.0 Å². The number of pyridine rings is 1. The first-order valence-electron chi connectivity index (χ1n) is 5.39. The molecular weight excluding hydrogens is 302 g/mol. The summed E-state index contributed by atoms with van der Waals surface area (Å²) in [7, 11) is 0. The molecule has 0 bridgehead atoms. The van der Waals surface area contributed by atoms with Gasteiger partial charge >= 0.3 is 0 Å². The first-order valence-corrected chi connectivity index (χ1v) is 6.59. The highest BCUT2D eigenvalue weighted by atomic mass is 35.5. The molecule has 7 nitrogen and oxygen atoms in total. The van der Waals surface area contributed by atoms with Crippen molar-refractivity contribution in [3.63, 3.8) is 0 Å². The molecule has 0 saturated carbocycles. The van der Waals surface area contributed by atoms with Gasteiger partial charge in [0.25, 0.3) is 5.56 Å². The Morgan fingerprint density at radius 2 is 2.35 bits per heavy atom. The number of H-pyrrole nitrogens is 1. The first-order chi connectivity index (χ1) is 9.51. The van der Waals surface area contributed by atoms with Gasteiger partial charge in [0, 0.05) is 23.5 Å². The third-order valence-corrected chi connectivity index (χ3v) is 3.67. The van der Waals surface area contributed by atoms with E-state index >= 15 is 0 Å². The van der Waals surface area contributed by atoms with E-state index in [0.29, 0.717) is 21.4 Å². The van der Waals surface area contributed by atoms with Crippen LogP contribution in [0, 0.1) is 6.92 Å². The van der Waals surface area contributed by atoms with E-state index in [1.165, 1.54) is 18.3 Å². The number of aromatic nitrogens is 3. The maximum Gasteiger partial charge on any atom is 0.251 e. The minimum atomic E-state index is -0.260. The minimum Gasteiger partial charge on any atom is -0.409 e. The van der Waals surface area contributed by atoms with Crippen LogP contribution in [0.25, 0.3) is 0 Å². The van der Waals surface area contributed by atoms with Crippen molar-refractivity contribution in [3.8, 4) is 0 Å². The molecule has 0 atom stereocenters. The summed E-state index contributed by atoms with van der Waals surface area (Å²) < 4.78 is 0. The lowest BCUT2D eigenvalue weighted by molar-refractivity contribution is 0.318. The SMILES string of the molecule is Cc1cc(=O)[nH]c(Sc2nccc(/C(N)=N/O)c2Cl)n1. The van der Waals surface area contributed by atoms with Gasteiger partial charge in [-0.3, -0.25) is 4.79 Å². The van der Waals surface area contributed by atoms with E-state index in [0.717, 1.165) is 11.8 Å². The summed E-state index contributed by atoms with van der Waals surface area (Å²) in [5.74, 6) is -0.120. The Bertz CT molecular complexity index is 731. The van der Waals surface area contributed by atoms with Crippen molar-refractivity contribution in [1.29, 1.82) is 0 Å².